The van der Waals surface area contributed by atoms with E-state index in [0.29, 0.717) is 6.54 Å². The maximum Gasteiger partial charge on any atom is 0.315 e. The topological polar surface area (TPSA) is 62.8 Å². The molecule has 3 aliphatic rings. The minimum absolute atomic E-state index is 0.0216. The number of benzene rings is 1. The van der Waals surface area contributed by atoms with Crippen LogP contribution in [-0.4, -0.2) is 62.5 Å². The first-order valence-electron chi connectivity index (χ1n) is 10.5. The number of fused-ring (bicyclic) bond motifs is 1. The molecule has 6 heteroatoms. The Morgan fingerprint density at radius 2 is 1.79 bits per heavy atom. The van der Waals surface area contributed by atoms with Crippen molar-refractivity contribution in [2.45, 2.75) is 50.1 Å². The molecule has 2 N–H and O–H groups in total. The lowest BCUT2D eigenvalue weighted by Gasteiger charge is -2.47. The lowest BCUT2D eigenvalue weighted by atomic mass is 9.86. The van der Waals surface area contributed by atoms with Gasteiger partial charge in [-0.25, -0.2) is 4.79 Å². The monoisotopic (exact) mass is 387 g/mol. The fraction of sp³-hybridized carbons (Fsp3) is 0.682. The van der Waals surface area contributed by atoms with Crippen LogP contribution in [-0.2, 0) is 14.9 Å². The highest BCUT2D eigenvalue weighted by atomic mass is 16.5. The van der Waals surface area contributed by atoms with Crippen molar-refractivity contribution >= 4 is 6.03 Å². The fourth-order valence-electron chi connectivity index (χ4n) is 5.12. The predicted octanol–water partition coefficient (Wildman–Crippen LogP) is 2.59. The van der Waals surface area contributed by atoms with Crippen LogP contribution in [0.25, 0.3) is 0 Å². The lowest BCUT2D eigenvalue weighted by Crippen LogP contribution is -2.61. The molecular formula is C22H33N3O3. The molecule has 1 aliphatic carbocycles. The summed E-state index contributed by atoms with van der Waals surface area (Å²) in [7, 11) is 0. The molecule has 4 rings (SSSR count). The number of ether oxygens (including phenoxy) is 2. The third kappa shape index (κ3) is 3.91. The Kier molecular flexibility index (Phi) is 5.63. The summed E-state index contributed by atoms with van der Waals surface area (Å²) in [6, 6.07) is 8.46. The molecule has 0 aromatic heterocycles. The van der Waals surface area contributed by atoms with Crippen molar-refractivity contribution < 1.29 is 14.3 Å². The molecule has 2 fully saturated rings. The number of carbonyl (C=O) groups excluding carboxylic acids is 1. The molecule has 1 atom stereocenters. The van der Waals surface area contributed by atoms with E-state index in [-0.39, 0.29) is 23.0 Å². The van der Waals surface area contributed by atoms with Gasteiger partial charge in [-0.05, 0) is 35.8 Å². The SMILES string of the molecule is CC1(C)CC(NC(=O)NCC2(N3CCOCC3)CCOCC2)c2ccccc21. The van der Waals surface area contributed by atoms with E-state index in [9.17, 15) is 4.79 Å². The van der Waals surface area contributed by atoms with Gasteiger partial charge in [-0.3, -0.25) is 4.90 Å². The molecular weight excluding hydrogens is 354 g/mol. The Hall–Kier alpha value is -1.63. The van der Waals surface area contributed by atoms with Gasteiger partial charge in [0.15, 0.2) is 0 Å². The van der Waals surface area contributed by atoms with Gasteiger partial charge in [-0.1, -0.05) is 38.1 Å². The Morgan fingerprint density at radius 3 is 2.54 bits per heavy atom. The molecule has 2 amide bonds. The van der Waals surface area contributed by atoms with Crippen molar-refractivity contribution in [2.75, 3.05) is 46.1 Å². The average Bonchev–Trinajstić information content (AvgIpc) is 2.98. The van der Waals surface area contributed by atoms with Gasteiger partial charge in [0.05, 0.1) is 19.3 Å². The van der Waals surface area contributed by atoms with Crippen LogP contribution in [0.15, 0.2) is 24.3 Å². The van der Waals surface area contributed by atoms with Gasteiger partial charge in [0.1, 0.15) is 0 Å². The van der Waals surface area contributed by atoms with Crippen molar-refractivity contribution in [1.82, 2.24) is 15.5 Å². The highest BCUT2D eigenvalue weighted by Gasteiger charge is 2.40. The largest absolute Gasteiger partial charge is 0.381 e. The van der Waals surface area contributed by atoms with Crippen LogP contribution in [0.3, 0.4) is 0 Å². The summed E-state index contributed by atoms with van der Waals surface area (Å²) >= 11 is 0. The Balaban J connectivity index is 1.39. The molecule has 0 spiro atoms. The van der Waals surface area contributed by atoms with Crippen molar-refractivity contribution in [2.24, 2.45) is 0 Å². The van der Waals surface area contributed by atoms with E-state index in [1.165, 1.54) is 11.1 Å². The molecule has 154 valence electrons. The number of hydrogen-bond acceptors (Lipinski definition) is 4. The Labute approximate surface area is 168 Å². The second-order valence-corrected chi connectivity index (χ2v) is 8.99. The van der Waals surface area contributed by atoms with Gasteiger partial charge in [0, 0.05) is 38.4 Å². The second-order valence-electron chi connectivity index (χ2n) is 8.99. The molecule has 6 nitrogen and oxygen atoms in total. The number of hydrogen-bond donors (Lipinski definition) is 2. The summed E-state index contributed by atoms with van der Waals surface area (Å²) in [5, 5.41) is 6.41. The number of nitrogens with zero attached hydrogens (tertiary/aromatic N) is 1. The minimum Gasteiger partial charge on any atom is -0.381 e. The van der Waals surface area contributed by atoms with E-state index in [1.807, 2.05) is 0 Å². The number of rotatable bonds is 4. The quantitative estimate of drug-likeness (QED) is 0.834. The number of carbonyl (C=O) groups is 1. The Morgan fingerprint density at radius 1 is 1.11 bits per heavy atom. The molecule has 1 unspecified atom stereocenters. The maximum atomic E-state index is 12.8. The Bertz CT molecular complexity index is 694. The lowest BCUT2D eigenvalue weighted by molar-refractivity contribution is -0.0690. The van der Waals surface area contributed by atoms with E-state index < -0.39 is 0 Å². The zero-order valence-electron chi connectivity index (χ0n) is 17.1. The van der Waals surface area contributed by atoms with Crippen LogP contribution in [0.1, 0.15) is 50.3 Å². The van der Waals surface area contributed by atoms with Gasteiger partial charge in [0.2, 0.25) is 0 Å². The fourth-order valence-corrected chi connectivity index (χ4v) is 5.12. The highest BCUT2D eigenvalue weighted by molar-refractivity contribution is 5.75. The van der Waals surface area contributed by atoms with E-state index in [1.54, 1.807) is 0 Å². The molecule has 2 aliphatic heterocycles. The summed E-state index contributed by atoms with van der Waals surface area (Å²) in [5.74, 6) is 0. The summed E-state index contributed by atoms with van der Waals surface area (Å²) < 4.78 is 11.1. The van der Waals surface area contributed by atoms with E-state index >= 15 is 0 Å². The van der Waals surface area contributed by atoms with Crippen LogP contribution in [0.2, 0.25) is 0 Å². The summed E-state index contributed by atoms with van der Waals surface area (Å²) in [4.78, 5) is 15.3. The number of amides is 2. The first kappa shape index (κ1) is 19.7. The normalized spacial score (nSPS) is 26.4. The standard InChI is InChI=1S/C22H33N3O3/c1-21(2)15-19(17-5-3-4-6-18(17)21)24-20(26)23-16-22(7-11-27-12-8-22)25-9-13-28-14-10-25/h3-6,19H,7-16H2,1-2H3,(H2,23,24,26). The third-order valence-corrected chi connectivity index (χ3v) is 6.77. The van der Waals surface area contributed by atoms with Gasteiger partial charge < -0.3 is 20.1 Å². The maximum absolute atomic E-state index is 12.8. The number of urea groups is 1. The number of nitrogens with one attached hydrogen (secondary N) is 2. The summed E-state index contributed by atoms with van der Waals surface area (Å²) in [5.41, 5.74) is 2.65. The first-order chi connectivity index (χ1) is 13.5. The van der Waals surface area contributed by atoms with Crippen molar-refractivity contribution in [3.63, 3.8) is 0 Å². The van der Waals surface area contributed by atoms with Crippen LogP contribution >= 0.6 is 0 Å². The molecule has 2 heterocycles. The molecule has 28 heavy (non-hydrogen) atoms. The molecule has 0 bridgehead atoms. The highest BCUT2D eigenvalue weighted by Crippen LogP contribution is 2.44. The van der Waals surface area contributed by atoms with Gasteiger partial charge in [0.25, 0.3) is 0 Å². The number of morpholine rings is 1. The third-order valence-electron chi connectivity index (χ3n) is 6.77. The molecule has 1 aromatic rings. The average molecular weight is 388 g/mol. The zero-order valence-corrected chi connectivity index (χ0v) is 17.1. The molecule has 0 saturated carbocycles. The molecule has 2 saturated heterocycles. The smallest absolute Gasteiger partial charge is 0.315 e. The van der Waals surface area contributed by atoms with Gasteiger partial charge in [-0.15, -0.1) is 0 Å². The van der Waals surface area contributed by atoms with Crippen molar-refractivity contribution in [1.29, 1.82) is 0 Å². The van der Waals surface area contributed by atoms with Crippen LogP contribution in [0, 0.1) is 0 Å². The van der Waals surface area contributed by atoms with Crippen LogP contribution in [0.4, 0.5) is 4.79 Å². The molecule has 0 radical (unpaired) electrons. The van der Waals surface area contributed by atoms with Crippen molar-refractivity contribution in [3.8, 4) is 0 Å². The molecule has 1 aromatic carbocycles. The summed E-state index contributed by atoms with van der Waals surface area (Å²) in [6.45, 7) is 10.0. The van der Waals surface area contributed by atoms with Gasteiger partial charge in [-0.2, -0.15) is 0 Å². The predicted molar refractivity (Wildman–Crippen MR) is 109 cm³/mol. The van der Waals surface area contributed by atoms with Crippen molar-refractivity contribution in [3.05, 3.63) is 35.4 Å². The van der Waals surface area contributed by atoms with E-state index in [4.69, 9.17) is 9.47 Å². The minimum atomic E-state index is -0.0726. The summed E-state index contributed by atoms with van der Waals surface area (Å²) in [6.07, 6.45) is 2.83. The van der Waals surface area contributed by atoms with Crippen LogP contribution in [0.5, 0.6) is 0 Å². The zero-order chi connectivity index (χ0) is 19.6. The van der Waals surface area contributed by atoms with E-state index in [2.05, 4.69) is 53.6 Å². The van der Waals surface area contributed by atoms with Crippen LogP contribution < -0.4 is 10.6 Å². The van der Waals surface area contributed by atoms with E-state index in [0.717, 1.165) is 58.8 Å². The second kappa shape index (κ2) is 8.01. The van der Waals surface area contributed by atoms with Gasteiger partial charge >= 0.3 is 6.03 Å². The first-order valence-corrected chi connectivity index (χ1v) is 10.5.